The molecule has 1 saturated carbocycles. The minimum atomic E-state index is -0.764. The SMILES string of the molecule is CCn1ccnc(SCC2(CC(=O)O)CC2)c1=O. The molecule has 1 fully saturated rings. The lowest BCUT2D eigenvalue weighted by atomic mass is 10.1. The number of carbonyl (C=O) groups is 1. The van der Waals surface area contributed by atoms with Crippen molar-refractivity contribution in [1.82, 2.24) is 9.55 Å². The molecule has 0 radical (unpaired) electrons. The van der Waals surface area contributed by atoms with Crippen LogP contribution in [0.25, 0.3) is 0 Å². The van der Waals surface area contributed by atoms with Crippen molar-refractivity contribution in [3.8, 4) is 0 Å². The summed E-state index contributed by atoms with van der Waals surface area (Å²) in [7, 11) is 0. The summed E-state index contributed by atoms with van der Waals surface area (Å²) in [6, 6.07) is 0. The van der Waals surface area contributed by atoms with E-state index in [1.54, 1.807) is 17.0 Å². The number of aromatic nitrogens is 2. The van der Waals surface area contributed by atoms with Gasteiger partial charge in [-0.15, -0.1) is 11.8 Å². The molecule has 0 unspecified atom stereocenters. The highest BCUT2D eigenvalue weighted by Crippen LogP contribution is 2.51. The van der Waals surface area contributed by atoms with Crippen LogP contribution in [0.1, 0.15) is 26.2 Å². The largest absolute Gasteiger partial charge is 0.481 e. The van der Waals surface area contributed by atoms with Gasteiger partial charge in [0.2, 0.25) is 0 Å². The van der Waals surface area contributed by atoms with E-state index < -0.39 is 5.97 Å². The molecule has 2 rings (SSSR count). The number of hydrogen-bond donors (Lipinski definition) is 1. The number of aliphatic carboxylic acids is 1. The van der Waals surface area contributed by atoms with Crippen LogP contribution in [0.4, 0.5) is 0 Å². The predicted molar refractivity (Wildman–Crippen MR) is 68.8 cm³/mol. The molecule has 98 valence electrons. The smallest absolute Gasteiger partial charge is 0.303 e. The summed E-state index contributed by atoms with van der Waals surface area (Å²) in [6.45, 7) is 2.53. The molecule has 1 aromatic rings. The zero-order valence-corrected chi connectivity index (χ0v) is 11.1. The number of carboxylic acids is 1. The molecule has 18 heavy (non-hydrogen) atoms. The Hall–Kier alpha value is -1.30. The van der Waals surface area contributed by atoms with Crippen LogP contribution in [0.15, 0.2) is 22.2 Å². The highest BCUT2D eigenvalue weighted by atomic mass is 32.2. The number of nitrogens with zero attached hydrogens (tertiary/aromatic N) is 2. The fraction of sp³-hybridized carbons (Fsp3) is 0.583. The maximum absolute atomic E-state index is 11.9. The monoisotopic (exact) mass is 268 g/mol. The summed E-state index contributed by atoms with van der Waals surface area (Å²) in [5.74, 6) is -0.102. The Morgan fingerprint density at radius 1 is 1.61 bits per heavy atom. The molecule has 0 aliphatic heterocycles. The summed E-state index contributed by atoms with van der Waals surface area (Å²) in [5, 5.41) is 9.30. The fourth-order valence-electron chi connectivity index (χ4n) is 1.87. The molecule has 0 spiro atoms. The van der Waals surface area contributed by atoms with E-state index in [4.69, 9.17) is 5.11 Å². The molecule has 1 aliphatic rings. The predicted octanol–water partition coefficient (Wildman–Crippen LogP) is 1.61. The van der Waals surface area contributed by atoms with Gasteiger partial charge in [-0.25, -0.2) is 4.98 Å². The Labute approximate surface area is 109 Å². The maximum atomic E-state index is 11.9. The van der Waals surface area contributed by atoms with Gasteiger partial charge < -0.3 is 9.67 Å². The second-order valence-electron chi connectivity index (χ2n) is 4.68. The fourth-order valence-corrected chi connectivity index (χ4v) is 3.08. The van der Waals surface area contributed by atoms with E-state index >= 15 is 0 Å². The number of thioether (sulfide) groups is 1. The van der Waals surface area contributed by atoms with Crippen LogP contribution in [-0.4, -0.2) is 26.4 Å². The normalized spacial score (nSPS) is 16.5. The topological polar surface area (TPSA) is 72.2 Å². The average molecular weight is 268 g/mol. The van der Waals surface area contributed by atoms with Crippen LogP contribution in [0.5, 0.6) is 0 Å². The van der Waals surface area contributed by atoms with E-state index in [1.807, 2.05) is 6.92 Å². The molecule has 0 aromatic carbocycles. The van der Waals surface area contributed by atoms with E-state index in [2.05, 4.69) is 4.98 Å². The number of rotatable bonds is 6. The van der Waals surface area contributed by atoms with Crippen molar-refractivity contribution in [2.45, 2.75) is 37.8 Å². The second-order valence-corrected chi connectivity index (χ2v) is 5.65. The van der Waals surface area contributed by atoms with Crippen LogP contribution < -0.4 is 5.56 Å². The zero-order valence-electron chi connectivity index (χ0n) is 10.3. The summed E-state index contributed by atoms with van der Waals surface area (Å²) in [4.78, 5) is 26.7. The van der Waals surface area contributed by atoms with Gasteiger partial charge in [-0.05, 0) is 25.2 Å². The third kappa shape index (κ3) is 2.93. The Kier molecular flexibility index (Phi) is 3.75. The van der Waals surface area contributed by atoms with Crippen molar-refractivity contribution >= 4 is 17.7 Å². The molecule has 0 saturated heterocycles. The molecule has 5 nitrogen and oxygen atoms in total. The first-order valence-electron chi connectivity index (χ1n) is 5.96. The number of hydrogen-bond acceptors (Lipinski definition) is 4. The molecule has 0 bridgehead atoms. The standard InChI is InChI=1S/C12H16N2O3S/c1-2-14-6-5-13-10(11(14)17)18-8-12(3-4-12)7-9(15)16/h5-6H,2-4,7-8H2,1H3,(H,15,16). The summed E-state index contributed by atoms with van der Waals surface area (Å²) in [5.41, 5.74) is -0.201. The third-order valence-electron chi connectivity index (χ3n) is 3.22. The minimum Gasteiger partial charge on any atom is -0.481 e. The van der Waals surface area contributed by atoms with Crippen LogP contribution >= 0.6 is 11.8 Å². The zero-order chi connectivity index (χ0) is 13.2. The van der Waals surface area contributed by atoms with E-state index in [0.29, 0.717) is 17.3 Å². The van der Waals surface area contributed by atoms with Gasteiger partial charge >= 0.3 is 5.97 Å². The lowest BCUT2D eigenvalue weighted by Crippen LogP contribution is -2.22. The quantitative estimate of drug-likeness (QED) is 0.794. The highest BCUT2D eigenvalue weighted by Gasteiger charge is 2.44. The van der Waals surface area contributed by atoms with Gasteiger partial charge in [0, 0.05) is 24.7 Å². The lowest BCUT2D eigenvalue weighted by molar-refractivity contribution is -0.138. The van der Waals surface area contributed by atoms with Crippen molar-refractivity contribution in [3.63, 3.8) is 0 Å². The first-order valence-corrected chi connectivity index (χ1v) is 6.95. The van der Waals surface area contributed by atoms with Crippen molar-refractivity contribution in [2.75, 3.05) is 5.75 Å². The van der Waals surface area contributed by atoms with E-state index in [0.717, 1.165) is 12.8 Å². The van der Waals surface area contributed by atoms with E-state index in [9.17, 15) is 9.59 Å². The maximum Gasteiger partial charge on any atom is 0.303 e. The van der Waals surface area contributed by atoms with Gasteiger partial charge in [0.05, 0.1) is 6.42 Å². The molecule has 1 N–H and O–H groups in total. The Balaban J connectivity index is 2.03. The van der Waals surface area contributed by atoms with E-state index in [-0.39, 0.29) is 17.4 Å². The highest BCUT2D eigenvalue weighted by molar-refractivity contribution is 7.99. The average Bonchev–Trinajstić information content (AvgIpc) is 3.07. The van der Waals surface area contributed by atoms with Crippen LogP contribution in [-0.2, 0) is 11.3 Å². The van der Waals surface area contributed by atoms with Gasteiger partial charge in [-0.1, -0.05) is 0 Å². The molecule has 0 amide bonds. The molecular weight excluding hydrogens is 252 g/mol. The molecular formula is C12H16N2O3S. The van der Waals surface area contributed by atoms with Gasteiger partial charge in [0.25, 0.3) is 5.56 Å². The van der Waals surface area contributed by atoms with Crippen molar-refractivity contribution in [2.24, 2.45) is 5.41 Å². The van der Waals surface area contributed by atoms with E-state index in [1.165, 1.54) is 11.8 Å². The summed E-state index contributed by atoms with van der Waals surface area (Å²) in [6.07, 6.45) is 5.33. The van der Waals surface area contributed by atoms with Crippen LogP contribution in [0, 0.1) is 5.41 Å². The van der Waals surface area contributed by atoms with Gasteiger partial charge in [0.1, 0.15) is 0 Å². The first-order chi connectivity index (χ1) is 8.56. The molecule has 0 atom stereocenters. The van der Waals surface area contributed by atoms with Gasteiger partial charge in [-0.3, -0.25) is 9.59 Å². The van der Waals surface area contributed by atoms with Gasteiger partial charge in [0.15, 0.2) is 5.03 Å². The van der Waals surface area contributed by atoms with Crippen LogP contribution in [0.2, 0.25) is 0 Å². The van der Waals surface area contributed by atoms with Crippen LogP contribution in [0.3, 0.4) is 0 Å². The minimum absolute atomic E-state index is 0.0869. The summed E-state index contributed by atoms with van der Waals surface area (Å²) >= 11 is 1.38. The molecule has 6 heteroatoms. The van der Waals surface area contributed by atoms with Crippen molar-refractivity contribution < 1.29 is 9.90 Å². The number of carboxylic acid groups (broad SMARTS) is 1. The van der Waals surface area contributed by atoms with Crippen molar-refractivity contribution in [1.29, 1.82) is 0 Å². The third-order valence-corrected chi connectivity index (χ3v) is 4.53. The second kappa shape index (κ2) is 5.14. The first kappa shape index (κ1) is 13.1. The Bertz CT molecular complexity index is 508. The summed E-state index contributed by atoms with van der Waals surface area (Å²) < 4.78 is 1.60. The lowest BCUT2D eigenvalue weighted by Gasteiger charge is -2.11. The van der Waals surface area contributed by atoms with Gasteiger partial charge in [-0.2, -0.15) is 0 Å². The molecule has 1 aromatic heterocycles. The molecule has 1 aliphatic carbocycles. The Morgan fingerprint density at radius 2 is 2.33 bits per heavy atom. The number of aryl methyl sites for hydroxylation is 1. The van der Waals surface area contributed by atoms with Crippen molar-refractivity contribution in [3.05, 3.63) is 22.7 Å². The molecule has 1 heterocycles. The Morgan fingerprint density at radius 3 is 2.89 bits per heavy atom.